The van der Waals surface area contributed by atoms with Crippen molar-refractivity contribution in [3.63, 3.8) is 0 Å². The number of allylic oxidation sites excluding steroid dienone is 2. The summed E-state index contributed by atoms with van der Waals surface area (Å²) in [6, 6.07) is 0. The smallest absolute Gasteiger partial charge is 0.200 e. The first-order valence-electron chi connectivity index (χ1n) is 7.68. The van der Waals surface area contributed by atoms with Crippen molar-refractivity contribution in [1.29, 1.82) is 0 Å². The van der Waals surface area contributed by atoms with E-state index in [1.165, 1.54) is 0 Å². The van der Waals surface area contributed by atoms with E-state index in [9.17, 15) is 0 Å². The van der Waals surface area contributed by atoms with Crippen LogP contribution in [0.15, 0.2) is 25.3 Å². The highest BCUT2D eigenvalue weighted by molar-refractivity contribution is 6.77. The van der Waals surface area contributed by atoms with Gasteiger partial charge in [0.25, 0.3) is 0 Å². The van der Waals surface area contributed by atoms with Gasteiger partial charge in [0.05, 0.1) is 0 Å². The lowest BCUT2D eigenvalue weighted by Crippen LogP contribution is -2.48. The SMILES string of the molecule is C=CCC(CC=C)CO[Si](C(C)C)(C(C)C)C(C)C. The van der Waals surface area contributed by atoms with Gasteiger partial charge in [0.1, 0.15) is 0 Å². The molecular weight excluding hydrogens is 248 g/mol. The van der Waals surface area contributed by atoms with Crippen LogP contribution < -0.4 is 0 Å². The lowest BCUT2D eigenvalue weighted by atomic mass is 10.0. The first-order chi connectivity index (χ1) is 8.82. The molecule has 1 nitrogen and oxygen atoms in total. The van der Waals surface area contributed by atoms with Crippen LogP contribution >= 0.6 is 0 Å². The molecule has 0 fully saturated rings. The second-order valence-electron chi connectivity index (χ2n) is 6.54. The molecule has 0 amide bonds. The Bertz CT molecular complexity index is 237. The van der Waals surface area contributed by atoms with E-state index in [4.69, 9.17) is 4.43 Å². The zero-order chi connectivity index (χ0) is 15.1. The molecule has 0 aliphatic heterocycles. The van der Waals surface area contributed by atoms with Crippen LogP contribution in [-0.2, 0) is 4.43 Å². The topological polar surface area (TPSA) is 9.23 Å². The quantitative estimate of drug-likeness (QED) is 0.355. The van der Waals surface area contributed by atoms with Gasteiger partial charge >= 0.3 is 0 Å². The van der Waals surface area contributed by atoms with E-state index in [1.807, 2.05) is 12.2 Å². The van der Waals surface area contributed by atoms with Crippen molar-refractivity contribution in [1.82, 2.24) is 0 Å². The lowest BCUT2D eigenvalue weighted by Gasteiger charge is -2.43. The average molecular weight is 283 g/mol. The average Bonchev–Trinajstić information content (AvgIpc) is 2.28. The molecule has 0 radical (unpaired) electrons. The Hall–Kier alpha value is -0.343. The maximum absolute atomic E-state index is 6.62. The fraction of sp³-hybridized carbons (Fsp3) is 0.765. The van der Waals surface area contributed by atoms with Gasteiger partial charge in [-0.2, -0.15) is 0 Å². The number of hydrogen-bond donors (Lipinski definition) is 0. The molecule has 0 aliphatic carbocycles. The highest BCUT2D eigenvalue weighted by atomic mass is 28.4. The maximum Gasteiger partial charge on any atom is 0.200 e. The van der Waals surface area contributed by atoms with Crippen molar-refractivity contribution >= 4 is 8.32 Å². The number of rotatable bonds is 10. The largest absolute Gasteiger partial charge is 0.416 e. The molecule has 0 bridgehead atoms. The van der Waals surface area contributed by atoms with Crippen LogP contribution in [-0.4, -0.2) is 14.9 Å². The first kappa shape index (κ1) is 18.7. The molecule has 0 N–H and O–H groups in total. The monoisotopic (exact) mass is 282 g/mol. The van der Waals surface area contributed by atoms with Crippen molar-refractivity contribution < 1.29 is 4.43 Å². The molecule has 0 saturated carbocycles. The third-order valence-electron chi connectivity index (χ3n) is 4.28. The molecule has 0 aromatic rings. The van der Waals surface area contributed by atoms with Gasteiger partial charge in [0.2, 0.25) is 0 Å². The lowest BCUT2D eigenvalue weighted by molar-refractivity contribution is 0.222. The Balaban J connectivity index is 4.90. The normalized spacial score (nSPS) is 12.7. The summed E-state index contributed by atoms with van der Waals surface area (Å²) in [6.07, 6.45) is 6.04. The number of hydrogen-bond acceptors (Lipinski definition) is 1. The molecule has 0 aliphatic rings. The zero-order valence-corrected chi connectivity index (χ0v) is 14.9. The zero-order valence-electron chi connectivity index (χ0n) is 13.9. The second kappa shape index (κ2) is 8.75. The van der Waals surface area contributed by atoms with Crippen molar-refractivity contribution in [2.24, 2.45) is 5.92 Å². The molecule has 0 saturated heterocycles. The summed E-state index contributed by atoms with van der Waals surface area (Å²) in [6.45, 7) is 22.6. The fourth-order valence-corrected chi connectivity index (χ4v) is 8.99. The molecule has 2 heteroatoms. The van der Waals surface area contributed by atoms with Gasteiger partial charge in [0, 0.05) is 6.61 Å². The molecule has 0 aromatic carbocycles. The van der Waals surface area contributed by atoms with Crippen molar-refractivity contribution in [2.75, 3.05) is 6.61 Å². The van der Waals surface area contributed by atoms with E-state index < -0.39 is 8.32 Å². The van der Waals surface area contributed by atoms with Crippen LogP contribution in [0.3, 0.4) is 0 Å². The van der Waals surface area contributed by atoms with E-state index in [0.29, 0.717) is 22.5 Å². The molecular formula is C17H34OSi. The summed E-state index contributed by atoms with van der Waals surface area (Å²) in [5.41, 5.74) is 1.96. The molecule has 0 atom stereocenters. The minimum absolute atomic E-state index is 0.540. The molecule has 0 unspecified atom stereocenters. The van der Waals surface area contributed by atoms with Crippen LogP contribution in [0.2, 0.25) is 16.6 Å². The third kappa shape index (κ3) is 4.92. The van der Waals surface area contributed by atoms with E-state index in [0.717, 1.165) is 19.4 Å². The van der Waals surface area contributed by atoms with Crippen LogP contribution in [0.1, 0.15) is 54.4 Å². The summed E-state index contributed by atoms with van der Waals surface area (Å²) >= 11 is 0. The van der Waals surface area contributed by atoms with Crippen molar-refractivity contribution in [3.8, 4) is 0 Å². The Morgan fingerprint density at radius 3 is 1.47 bits per heavy atom. The minimum Gasteiger partial charge on any atom is -0.416 e. The van der Waals surface area contributed by atoms with Crippen LogP contribution in [0.5, 0.6) is 0 Å². The highest BCUT2D eigenvalue weighted by Crippen LogP contribution is 2.42. The molecule has 112 valence electrons. The summed E-state index contributed by atoms with van der Waals surface area (Å²) < 4.78 is 6.62. The Kier molecular flexibility index (Phi) is 8.60. The Labute approximate surface area is 122 Å². The molecule has 0 heterocycles. The Morgan fingerprint density at radius 1 is 0.842 bits per heavy atom. The standard InChI is InChI=1S/C17H34OSi/c1-9-11-17(12-10-2)13-18-19(14(3)4,15(5)6)16(7)8/h9-10,14-17H,1-2,11-13H2,3-8H3. The van der Waals surface area contributed by atoms with Crippen LogP contribution in [0.25, 0.3) is 0 Å². The van der Waals surface area contributed by atoms with Gasteiger partial charge in [-0.25, -0.2) is 0 Å². The molecule has 19 heavy (non-hydrogen) atoms. The predicted octanol–water partition coefficient (Wildman–Crippen LogP) is 5.95. The van der Waals surface area contributed by atoms with Crippen LogP contribution in [0, 0.1) is 5.92 Å². The van der Waals surface area contributed by atoms with Gasteiger partial charge in [-0.05, 0) is 35.4 Å². The van der Waals surface area contributed by atoms with E-state index in [1.54, 1.807) is 0 Å². The summed E-state index contributed by atoms with van der Waals surface area (Å²) in [4.78, 5) is 0. The van der Waals surface area contributed by atoms with Crippen LogP contribution in [0.4, 0.5) is 0 Å². The predicted molar refractivity (Wildman–Crippen MR) is 90.1 cm³/mol. The summed E-state index contributed by atoms with van der Waals surface area (Å²) in [7, 11) is -1.72. The van der Waals surface area contributed by atoms with E-state index >= 15 is 0 Å². The van der Waals surface area contributed by atoms with Crippen molar-refractivity contribution in [2.45, 2.75) is 71.0 Å². The minimum atomic E-state index is -1.72. The molecule has 0 rings (SSSR count). The maximum atomic E-state index is 6.62. The summed E-state index contributed by atoms with van der Waals surface area (Å²) in [5.74, 6) is 0.540. The van der Waals surface area contributed by atoms with E-state index in [-0.39, 0.29) is 0 Å². The Morgan fingerprint density at radius 2 is 1.21 bits per heavy atom. The third-order valence-corrected chi connectivity index (χ3v) is 10.4. The van der Waals surface area contributed by atoms with Gasteiger partial charge in [0.15, 0.2) is 8.32 Å². The van der Waals surface area contributed by atoms with Crippen molar-refractivity contribution in [3.05, 3.63) is 25.3 Å². The molecule has 0 aromatic heterocycles. The van der Waals surface area contributed by atoms with Gasteiger partial charge in [-0.15, -0.1) is 13.2 Å². The highest BCUT2D eigenvalue weighted by Gasteiger charge is 2.45. The summed E-state index contributed by atoms with van der Waals surface area (Å²) in [5, 5.41) is 0. The first-order valence-corrected chi connectivity index (χ1v) is 9.82. The fourth-order valence-electron chi connectivity index (χ4n) is 3.47. The second-order valence-corrected chi connectivity index (χ2v) is 12.0. The van der Waals surface area contributed by atoms with E-state index in [2.05, 4.69) is 54.7 Å². The van der Waals surface area contributed by atoms with Gasteiger partial charge < -0.3 is 4.43 Å². The molecule has 0 spiro atoms. The van der Waals surface area contributed by atoms with Gasteiger partial charge in [-0.1, -0.05) is 53.7 Å². The van der Waals surface area contributed by atoms with Gasteiger partial charge in [-0.3, -0.25) is 0 Å².